The van der Waals surface area contributed by atoms with Crippen molar-refractivity contribution in [2.24, 2.45) is 0 Å². The lowest BCUT2D eigenvalue weighted by Gasteiger charge is -2.19. The molecule has 6 nitrogen and oxygen atoms in total. The third kappa shape index (κ3) is 3.08. The Hall–Kier alpha value is -1.66. The maximum absolute atomic E-state index is 12.3. The largest absolute Gasteiger partial charge is 0.348 e. The van der Waals surface area contributed by atoms with Gasteiger partial charge in [-0.25, -0.2) is 0 Å². The summed E-state index contributed by atoms with van der Waals surface area (Å²) in [6, 6.07) is 5.36. The Labute approximate surface area is 133 Å². The zero-order valence-electron chi connectivity index (χ0n) is 12.3. The number of nitrogens with zero attached hydrogens (tertiary/aromatic N) is 2. The second kappa shape index (κ2) is 5.85. The van der Waals surface area contributed by atoms with E-state index in [0.29, 0.717) is 17.6 Å². The van der Waals surface area contributed by atoms with Gasteiger partial charge in [-0.3, -0.25) is 19.8 Å². The monoisotopic (exact) mass is 323 g/mol. The molecule has 1 heterocycles. The van der Waals surface area contributed by atoms with Gasteiger partial charge in [0.2, 0.25) is 0 Å². The molecule has 1 aromatic rings. The number of benzene rings is 1. The van der Waals surface area contributed by atoms with Crippen LogP contribution >= 0.6 is 11.6 Å². The van der Waals surface area contributed by atoms with E-state index in [2.05, 4.69) is 17.1 Å². The summed E-state index contributed by atoms with van der Waals surface area (Å²) in [5.41, 5.74) is 0.167. The summed E-state index contributed by atoms with van der Waals surface area (Å²) >= 11 is 5.85. The van der Waals surface area contributed by atoms with Gasteiger partial charge in [-0.1, -0.05) is 11.6 Å². The molecular weight excluding hydrogens is 306 g/mol. The van der Waals surface area contributed by atoms with Crippen molar-refractivity contribution in [3.05, 3.63) is 38.9 Å². The lowest BCUT2D eigenvalue weighted by Crippen LogP contribution is -2.37. The van der Waals surface area contributed by atoms with Crippen LogP contribution in [0.5, 0.6) is 0 Å². The van der Waals surface area contributed by atoms with Crippen molar-refractivity contribution < 1.29 is 9.72 Å². The summed E-state index contributed by atoms with van der Waals surface area (Å²) in [6.45, 7) is 3.06. The molecule has 1 amide bonds. The standard InChI is InChI=1S/C15H18ClN3O3/c1-9-6-11(8-18(9)12-3-4-12)17-15(20)10-2-5-14(19(21)22)13(16)7-10/h2,5,7,9,11-12H,3-4,6,8H2,1H3,(H,17,20)/t9-,11-/m0/s1. The molecular formula is C15H18ClN3O3. The molecule has 1 saturated heterocycles. The summed E-state index contributed by atoms with van der Waals surface area (Å²) in [5, 5.41) is 13.7. The molecule has 1 saturated carbocycles. The molecule has 2 atom stereocenters. The highest BCUT2D eigenvalue weighted by Crippen LogP contribution is 2.33. The van der Waals surface area contributed by atoms with Gasteiger partial charge in [0.05, 0.1) is 4.92 Å². The second-order valence-corrected chi connectivity index (χ2v) is 6.51. The number of hydrogen-bond acceptors (Lipinski definition) is 4. The van der Waals surface area contributed by atoms with Crippen molar-refractivity contribution in [2.45, 2.75) is 44.3 Å². The number of carbonyl (C=O) groups excluding carboxylic acids is 1. The minimum Gasteiger partial charge on any atom is -0.348 e. The molecule has 0 spiro atoms. The van der Waals surface area contributed by atoms with Gasteiger partial charge < -0.3 is 5.32 Å². The van der Waals surface area contributed by atoms with E-state index in [4.69, 9.17) is 11.6 Å². The third-order valence-electron chi connectivity index (χ3n) is 4.38. The van der Waals surface area contributed by atoms with Crippen molar-refractivity contribution in [3.8, 4) is 0 Å². The molecule has 3 rings (SSSR count). The van der Waals surface area contributed by atoms with Crippen LogP contribution in [0.1, 0.15) is 36.5 Å². The fourth-order valence-electron chi connectivity index (χ4n) is 3.14. The highest BCUT2D eigenvalue weighted by molar-refractivity contribution is 6.33. The first kappa shape index (κ1) is 15.2. The zero-order chi connectivity index (χ0) is 15.9. The molecule has 1 aromatic carbocycles. The third-order valence-corrected chi connectivity index (χ3v) is 4.68. The molecule has 118 valence electrons. The number of nitrogens with one attached hydrogen (secondary N) is 1. The van der Waals surface area contributed by atoms with Gasteiger partial charge in [-0.2, -0.15) is 0 Å². The van der Waals surface area contributed by atoms with Crippen LogP contribution in [0.25, 0.3) is 0 Å². The van der Waals surface area contributed by atoms with E-state index < -0.39 is 4.92 Å². The van der Waals surface area contributed by atoms with Crippen molar-refractivity contribution >= 4 is 23.2 Å². The number of nitro groups is 1. The average Bonchev–Trinajstić information content (AvgIpc) is 3.22. The highest BCUT2D eigenvalue weighted by atomic mass is 35.5. The molecule has 0 radical (unpaired) electrons. The fourth-order valence-corrected chi connectivity index (χ4v) is 3.39. The number of nitro benzene ring substituents is 1. The van der Waals surface area contributed by atoms with Crippen LogP contribution in [0.4, 0.5) is 5.69 Å². The van der Waals surface area contributed by atoms with Crippen molar-refractivity contribution in [2.75, 3.05) is 6.54 Å². The lowest BCUT2D eigenvalue weighted by molar-refractivity contribution is -0.384. The number of amides is 1. The van der Waals surface area contributed by atoms with Crippen LogP contribution in [0, 0.1) is 10.1 Å². The van der Waals surface area contributed by atoms with Gasteiger partial charge in [0.1, 0.15) is 5.02 Å². The molecule has 22 heavy (non-hydrogen) atoms. The topological polar surface area (TPSA) is 75.5 Å². The minimum absolute atomic E-state index is 0.0166. The first-order valence-corrected chi connectivity index (χ1v) is 7.84. The Morgan fingerprint density at radius 2 is 2.18 bits per heavy atom. The normalized spacial score (nSPS) is 25.2. The first-order chi connectivity index (χ1) is 10.5. The van der Waals surface area contributed by atoms with Crippen LogP contribution in [0.3, 0.4) is 0 Å². The highest BCUT2D eigenvalue weighted by Gasteiger charge is 2.39. The molecule has 0 bridgehead atoms. The van der Waals surface area contributed by atoms with Gasteiger partial charge in [-0.05, 0) is 38.3 Å². The van der Waals surface area contributed by atoms with Crippen LogP contribution in [-0.4, -0.2) is 40.4 Å². The summed E-state index contributed by atoms with van der Waals surface area (Å²) in [6.07, 6.45) is 3.44. The molecule has 7 heteroatoms. The Bertz CT molecular complexity index is 618. The molecule has 1 N–H and O–H groups in total. The van der Waals surface area contributed by atoms with Crippen molar-refractivity contribution in [1.82, 2.24) is 10.2 Å². The maximum Gasteiger partial charge on any atom is 0.287 e. The zero-order valence-corrected chi connectivity index (χ0v) is 13.0. The molecule has 1 aliphatic heterocycles. The number of carbonyl (C=O) groups is 1. The predicted octanol–water partition coefficient (Wildman–Crippen LogP) is 2.60. The van der Waals surface area contributed by atoms with Crippen LogP contribution in [-0.2, 0) is 0 Å². The maximum atomic E-state index is 12.3. The minimum atomic E-state index is -0.559. The fraction of sp³-hybridized carbons (Fsp3) is 0.533. The van der Waals surface area contributed by atoms with E-state index in [0.717, 1.165) is 13.0 Å². The van der Waals surface area contributed by atoms with Gasteiger partial charge in [0, 0.05) is 36.3 Å². The molecule has 2 aliphatic rings. The molecule has 1 aliphatic carbocycles. The van der Waals surface area contributed by atoms with Crippen LogP contribution < -0.4 is 5.32 Å². The number of likely N-dealkylation sites (tertiary alicyclic amines) is 1. The van der Waals surface area contributed by atoms with E-state index in [1.54, 1.807) is 0 Å². The summed E-state index contributed by atoms with van der Waals surface area (Å²) in [4.78, 5) is 24.9. The van der Waals surface area contributed by atoms with Gasteiger partial charge >= 0.3 is 0 Å². The summed E-state index contributed by atoms with van der Waals surface area (Å²) < 4.78 is 0. The van der Waals surface area contributed by atoms with Gasteiger partial charge in [0.25, 0.3) is 11.6 Å². The molecule has 0 unspecified atom stereocenters. The van der Waals surface area contributed by atoms with Gasteiger partial charge in [0.15, 0.2) is 0 Å². The van der Waals surface area contributed by atoms with E-state index in [9.17, 15) is 14.9 Å². The average molecular weight is 324 g/mol. The Kier molecular flexibility index (Phi) is 4.06. The van der Waals surface area contributed by atoms with E-state index >= 15 is 0 Å². The van der Waals surface area contributed by atoms with Gasteiger partial charge in [-0.15, -0.1) is 0 Å². The molecule has 0 aromatic heterocycles. The quantitative estimate of drug-likeness (QED) is 0.682. The summed E-state index contributed by atoms with van der Waals surface area (Å²) in [5.74, 6) is -0.230. The smallest absolute Gasteiger partial charge is 0.287 e. The Morgan fingerprint density at radius 3 is 2.77 bits per heavy atom. The van der Waals surface area contributed by atoms with E-state index in [1.807, 2.05) is 0 Å². The Morgan fingerprint density at radius 1 is 1.45 bits per heavy atom. The predicted molar refractivity (Wildman–Crippen MR) is 83.2 cm³/mol. The number of halogens is 1. The van der Waals surface area contributed by atoms with Crippen molar-refractivity contribution in [1.29, 1.82) is 0 Å². The number of hydrogen-bond donors (Lipinski definition) is 1. The van der Waals surface area contributed by atoms with Crippen LogP contribution in [0.15, 0.2) is 18.2 Å². The molecule has 2 fully saturated rings. The first-order valence-electron chi connectivity index (χ1n) is 7.46. The van der Waals surface area contributed by atoms with E-state index in [-0.39, 0.29) is 22.7 Å². The Balaban J connectivity index is 1.65. The van der Waals surface area contributed by atoms with E-state index in [1.165, 1.54) is 31.0 Å². The van der Waals surface area contributed by atoms with Crippen LogP contribution in [0.2, 0.25) is 5.02 Å². The lowest BCUT2D eigenvalue weighted by atomic mass is 10.1. The van der Waals surface area contributed by atoms with Crippen molar-refractivity contribution in [3.63, 3.8) is 0 Å². The second-order valence-electron chi connectivity index (χ2n) is 6.11. The SMILES string of the molecule is C[C@H]1C[C@H](NC(=O)c2ccc([N+](=O)[O-])c(Cl)c2)CN1C1CC1. The number of rotatable bonds is 4. The summed E-state index contributed by atoms with van der Waals surface area (Å²) in [7, 11) is 0.